The van der Waals surface area contributed by atoms with Crippen molar-refractivity contribution >= 4 is 22.9 Å². The molecule has 0 amide bonds. The van der Waals surface area contributed by atoms with E-state index in [1.165, 1.54) is 16.3 Å². The Morgan fingerprint density at radius 1 is 0.690 bits per heavy atom. The van der Waals surface area contributed by atoms with Crippen molar-refractivity contribution in [2.24, 2.45) is 17.3 Å². The van der Waals surface area contributed by atoms with E-state index in [-0.39, 0.29) is 5.41 Å². The van der Waals surface area contributed by atoms with Crippen LogP contribution in [0.2, 0.25) is 0 Å². The van der Waals surface area contributed by atoms with Crippen molar-refractivity contribution in [3.05, 3.63) is 90.3 Å². The van der Waals surface area contributed by atoms with Crippen molar-refractivity contribution in [3.8, 4) is 0 Å². The zero-order valence-electron chi connectivity index (χ0n) is 18.8. The van der Waals surface area contributed by atoms with E-state index in [0.717, 1.165) is 11.6 Å². The van der Waals surface area contributed by atoms with E-state index < -0.39 is 0 Å². The highest BCUT2D eigenvalue weighted by Crippen LogP contribution is 2.34. The van der Waals surface area contributed by atoms with Crippen LogP contribution in [0.25, 0.3) is 22.9 Å². The molecule has 0 saturated carbocycles. The Balaban J connectivity index is 0.000000184. The lowest BCUT2D eigenvalue weighted by Crippen LogP contribution is -2.16. The molecule has 1 heterocycles. The third kappa shape index (κ3) is 7.02. The molecule has 0 N–H and O–H groups in total. The first-order valence-electron chi connectivity index (χ1n) is 10.6. The predicted octanol–water partition coefficient (Wildman–Crippen LogP) is 8.29. The van der Waals surface area contributed by atoms with Crippen molar-refractivity contribution in [1.82, 2.24) is 4.98 Å². The van der Waals surface area contributed by atoms with Crippen molar-refractivity contribution in [2.75, 3.05) is 0 Å². The molecular weight excluding hydrogens is 350 g/mol. The van der Waals surface area contributed by atoms with Gasteiger partial charge in [0, 0.05) is 11.6 Å². The quantitative estimate of drug-likeness (QED) is 0.410. The van der Waals surface area contributed by atoms with Gasteiger partial charge in [0.15, 0.2) is 0 Å². The van der Waals surface area contributed by atoms with E-state index in [4.69, 9.17) is 0 Å². The summed E-state index contributed by atoms with van der Waals surface area (Å²) in [7, 11) is 0. The molecule has 0 fully saturated rings. The first kappa shape index (κ1) is 22.6. The maximum atomic E-state index is 4.37. The Labute approximate surface area is 177 Å². The molecule has 1 heteroatoms. The summed E-state index contributed by atoms with van der Waals surface area (Å²) in [6, 6.07) is 20.8. The van der Waals surface area contributed by atoms with Gasteiger partial charge in [0.1, 0.15) is 0 Å². The third-order valence-electron chi connectivity index (χ3n) is 5.00. The van der Waals surface area contributed by atoms with Gasteiger partial charge in [-0.2, -0.15) is 0 Å². The lowest BCUT2D eigenvalue weighted by Gasteiger charge is -2.26. The highest BCUT2D eigenvalue weighted by molar-refractivity contribution is 5.82. The highest BCUT2D eigenvalue weighted by Gasteiger charge is 2.23. The minimum Gasteiger partial charge on any atom is -0.256 e. The zero-order valence-corrected chi connectivity index (χ0v) is 18.8. The van der Waals surface area contributed by atoms with Gasteiger partial charge in [0.05, 0.1) is 5.69 Å². The second-order valence-electron chi connectivity index (χ2n) is 8.74. The Kier molecular flexibility index (Phi) is 8.39. The number of rotatable bonds is 1. The largest absolute Gasteiger partial charge is 0.256 e. The number of hydrogen-bond donors (Lipinski definition) is 0. The summed E-state index contributed by atoms with van der Waals surface area (Å²) in [6.45, 7) is 13.3. The van der Waals surface area contributed by atoms with Crippen LogP contribution >= 0.6 is 0 Å². The Bertz CT molecular complexity index is 846. The molecule has 29 heavy (non-hydrogen) atoms. The van der Waals surface area contributed by atoms with Crippen LogP contribution in [-0.4, -0.2) is 4.98 Å². The van der Waals surface area contributed by atoms with E-state index in [2.05, 4.69) is 125 Å². The molecule has 0 saturated heterocycles. The topological polar surface area (TPSA) is 12.9 Å². The monoisotopic (exact) mass is 385 g/mol. The standard InChI is InChI=1S/C14H17N.C10H8.C4H10/c1-11(2)14(3)8-6-12-5-4-10-15-13(12)7-9-14;1-2-6-10-8-4-3-7-9(10)5-1;1-4(2)3/h4-11H,1-3H3;1-8H;4H,1-3H3. The molecule has 4 rings (SSSR count). The number of allylic oxidation sites excluding steroid dienone is 2. The van der Waals surface area contributed by atoms with E-state index in [0.29, 0.717) is 5.92 Å². The van der Waals surface area contributed by atoms with Crippen LogP contribution < -0.4 is 0 Å². The van der Waals surface area contributed by atoms with Crippen LogP contribution in [0, 0.1) is 17.3 Å². The third-order valence-corrected chi connectivity index (χ3v) is 5.00. The van der Waals surface area contributed by atoms with Gasteiger partial charge in [0.2, 0.25) is 0 Å². The van der Waals surface area contributed by atoms with Crippen molar-refractivity contribution in [2.45, 2.75) is 41.5 Å². The van der Waals surface area contributed by atoms with Gasteiger partial charge in [0.25, 0.3) is 0 Å². The molecule has 2 aromatic carbocycles. The van der Waals surface area contributed by atoms with Gasteiger partial charge in [-0.15, -0.1) is 0 Å². The fourth-order valence-electron chi connectivity index (χ4n) is 2.81. The number of nitrogens with zero attached hydrogens (tertiary/aromatic N) is 1. The summed E-state index contributed by atoms with van der Waals surface area (Å²) in [4.78, 5) is 4.37. The minimum absolute atomic E-state index is 0.140. The lowest BCUT2D eigenvalue weighted by molar-refractivity contribution is 0.387. The SMILES string of the molecule is CC(C)C.CC(C)C1(C)C=Cc2cccnc2C=C1.c1ccc2ccccc2c1. The highest BCUT2D eigenvalue weighted by atomic mass is 14.7. The summed E-state index contributed by atoms with van der Waals surface area (Å²) in [6.07, 6.45) is 10.7. The summed E-state index contributed by atoms with van der Waals surface area (Å²) < 4.78 is 0. The fourth-order valence-corrected chi connectivity index (χ4v) is 2.81. The molecule has 1 aliphatic carbocycles. The van der Waals surface area contributed by atoms with Crippen molar-refractivity contribution < 1.29 is 0 Å². The number of pyridine rings is 1. The maximum Gasteiger partial charge on any atom is 0.0698 e. The van der Waals surface area contributed by atoms with Crippen LogP contribution in [0.3, 0.4) is 0 Å². The second kappa shape index (κ2) is 10.8. The Morgan fingerprint density at radius 2 is 1.17 bits per heavy atom. The molecule has 1 aliphatic rings. The van der Waals surface area contributed by atoms with Gasteiger partial charge >= 0.3 is 0 Å². The van der Waals surface area contributed by atoms with Gasteiger partial charge in [-0.25, -0.2) is 0 Å². The minimum atomic E-state index is 0.140. The van der Waals surface area contributed by atoms with Gasteiger partial charge in [-0.1, -0.05) is 114 Å². The molecule has 0 spiro atoms. The Hall–Kier alpha value is -2.67. The molecule has 1 nitrogen and oxygen atoms in total. The zero-order chi connectivity index (χ0) is 21.3. The molecule has 0 aliphatic heterocycles. The number of fused-ring (bicyclic) bond motifs is 2. The summed E-state index contributed by atoms with van der Waals surface area (Å²) in [5, 5.41) is 2.62. The summed E-state index contributed by atoms with van der Waals surface area (Å²) in [5.74, 6) is 1.43. The second-order valence-corrected chi connectivity index (χ2v) is 8.74. The normalized spacial score (nSPS) is 17.1. The van der Waals surface area contributed by atoms with Crippen LogP contribution in [0.4, 0.5) is 0 Å². The van der Waals surface area contributed by atoms with Crippen LogP contribution in [0.15, 0.2) is 79.0 Å². The van der Waals surface area contributed by atoms with Crippen LogP contribution in [0.5, 0.6) is 0 Å². The van der Waals surface area contributed by atoms with Gasteiger partial charge in [-0.3, -0.25) is 4.98 Å². The van der Waals surface area contributed by atoms with Crippen molar-refractivity contribution in [1.29, 1.82) is 0 Å². The lowest BCUT2D eigenvalue weighted by atomic mass is 9.79. The molecule has 0 radical (unpaired) electrons. The Morgan fingerprint density at radius 3 is 1.66 bits per heavy atom. The molecule has 1 atom stereocenters. The maximum absolute atomic E-state index is 4.37. The average molecular weight is 386 g/mol. The van der Waals surface area contributed by atoms with Crippen LogP contribution in [-0.2, 0) is 0 Å². The first-order valence-corrected chi connectivity index (χ1v) is 10.6. The number of aromatic nitrogens is 1. The molecule has 1 unspecified atom stereocenters. The molecule has 0 bridgehead atoms. The van der Waals surface area contributed by atoms with Crippen LogP contribution in [0.1, 0.15) is 52.8 Å². The van der Waals surface area contributed by atoms with E-state index in [1.54, 1.807) is 0 Å². The van der Waals surface area contributed by atoms with Gasteiger partial charge in [-0.05, 0) is 40.3 Å². The summed E-state index contributed by atoms with van der Waals surface area (Å²) in [5.41, 5.74) is 2.41. The number of benzene rings is 2. The van der Waals surface area contributed by atoms with Crippen molar-refractivity contribution in [3.63, 3.8) is 0 Å². The first-order chi connectivity index (χ1) is 13.8. The molecular formula is C28H35N. The van der Waals surface area contributed by atoms with E-state index in [1.807, 2.05) is 12.3 Å². The molecule has 152 valence electrons. The smallest absolute Gasteiger partial charge is 0.0698 e. The van der Waals surface area contributed by atoms with E-state index in [9.17, 15) is 0 Å². The fraction of sp³-hybridized carbons (Fsp3) is 0.321. The summed E-state index contributed by atoms with van der Waals surface area (Å²) >= 11 is 0. The predicted molar refractivity (Wildman–Crippen MR) is 130 cm³/mol. The molecule has 1 aromatic heterocycles. The number of hydrogen-bond acceptors (Lipinski definition) is 1. The van der Waals surface area contributed by atoms with Gasteiger partial charge < -0.3 is 0 Å². The molecule has 3 aromatic rings. The van der Waals surface area contributed by atoms with E-state index >= 15 is 0 Å². The average Bonchev–Trinajstić information content (AvgIpc) is 2.89.